The van der Waals surface area contributed by atoms with Crippen LogP contribution in [0.3, 0.4) is 0 Å². The van der Waals surface area contributed by atoms with Gasteiger partial charge in [0.15, 0.2) is 0 Å². The fourth-order valence-electron chi connectivity index (χ4n) is 0.537. The molecule has 19 heavy (non-hydrogen) atoms. The highest BCUT2D eigenvalue weighted by Crippen LogP contribution is 1.85. The molecule has 0 aliphatic rings. The molecule has 0 bridgehead atoms. The summed E-state index contributed by atoms with van der Waals surface area (Å²) in [7, 11) is 0. The highest BCUT2D eigenvalue weighted by molar-refractivity contribution is 4.75. The van der Waals surface area contributed by atoms with Crippen molar-refractivity contribution in [2.45, 2.75) is 74.7 Å². The second kappa shape index (κ2) is 53.8. The van der Waals surface area contributed by atoms with Crippen molar-refractivity contribution in [3.8, 4) is 0 Å². The molecule has 0 spiro atoms. The van der Waals surface area contributed by atoms with Gasteiger partial charge in [0.1, 0.15) is 0 Å². The second-order valence-electron chi connectivity index (χ2n) is 3.51. The van der Waals surface area contributed by atoms with Gasteiger partial charge in [0, 0.05) is 0 Å². The third kappa shape index (κ3) is 154. The van der Waals surface area contributed by atoms with Crippen molar-refractivity contribution in [1.82, 2.24) is 0 Å². The van der Waals surface area contributed by atoms with Crippen molar-refractivity contribution < 1.29 is 0 Å². The van der Waals surface area contributed by atoms with E-state index in [0.717, 1.165) is 6.42 Å². The van der Waals surface area contributed by atoms with Crippen LogP contribution in [0.1, 0.15) is 74.7 Å². The molecule has 0 heteroatoms. The van der Waals surface area contributed by atoms with E-state index in [1.807, 2.05) is 39.0 Å². The highest BCUT2D eigenvalue weighted by Gasteiger charge is 1.64. The third-order valence-electron chi connectivity index (χ3n) is 1.52. The monoisotopic (exact) mass is 268 g/mol. The van der Waals surface area contributed by atoms with Gasteiger partial charge in [0.25, 0.3) is 0 Å². The van der Waals surface area contributed by atoms with E-state index in [9.17, 15) is 0 Å². The summed E-state index contributed by atoms with van der Waals surface area (Å²) >= 11 is 0. The summed E-state index contributed by atoms with van der Waals surface area (Å²) in [5.74, 6) is 0. The van der Waals surface area contributed by atoms with Crippen molar-refractivity contribution in [3.05, 3.63) is 49.6 Å². The molecule has 0 atom stereocenters. The molecule has 0 aromatic heterocycles. The first-order valence-corrected chi connectivity index (χ1v) is 7.02. The SMILES string of the molecule is C.C/C=C/C.C/C=C/CCC.C=CC.C=CCCC. The van der Waals surface area contributed by atoms with Crippen molar-refractivity contribution in [3.63, 3.8) is 0 Å². The Morgan fingerprint density at radius 1 is 0.737 bits per heavy atom. The Morgan fingerprint density at radius 3 is 1.16 bits per heavy atom. The summed E-state index contributed by atoms with van der Waals surface area (Å²) in [4.78, 5) is 0. The minimum atomic E-state index is 0. The minimum absolute atomic E-state index is 0. The molecule has 0 aromatic rings. The van der Waals surface area contributed by atoms with Gasteiger partial charge >= 0.3 is 0 Å². The van der Waals surface area contributed by atoms with Gasteiger partial charge in [-0.2, -0.15) is 0 Å². The van der Waals surface area contributed by atoms with Gasteiger partial charge < -0.3 is 0 Å². The zero-order valence-corrected chi connectivity index (χ0v) is 13.7. The van der Waals surface area contributed by atoms with Crippen molar-refractivity contribution >= 4 is 0 Å². The van der Waals surface area contributed by atoms with Crippen LogP contribution >= 0.6 is 0 Å². The van der Waals surface area contributed by atoms with Crippen LogP contribution in [0.15, 0.2) is 49.6 Å². The summed E-state index contributed by atoms with van der Waals surface area (Å²) in [6.07, 6.45) is 16.8. The fraction of sp³-hybridized carbons (Fsp3) is 0.579. The summed E-state index contributed by atoms with van der Waals surface area (Å²) in [6, 6.07) is 0. The first-order chi connectivity index (χ1) is 8.66. The van der Waals surface area contributed by atoms with Crippen molar-refractivity contribution in [1.29, 1.82) is 0 Å². The normalized spacial score (nSPS) is 7.89. The highest BCUT2D eigenvalue weighted by atomic mass is 13.7. The molecule has 0 unspecified atom stereocenters. The number of hydrogen-bond acceptors (Lipinski definition) is 0. The lowest BCUT2D eigenvalue weighted by molar-refractivity contribution is 0.957. The van der Waals surface area contributed by atoms with Gasteiger partial charge in [-0.15, -0.1) is 13.2 Å². The number of hydrogen-bond donors (Lipinski definition) is 0. The van der Waals surface area contributed by atoms with Crippen LogP contribution in [0.4, 0.5) is 0 Å². The van der Waals surface area contributed by atoms with E-state index in [0.29, 0.717) is 0 Å². The lowest BCUT2D eigenvalue weighted by atomic mass is 10.3. The van der Waals surface area contributed by atoms with E-state index in [1.54, 1.807) is 6.08 Å². The smallest absolute Gasteiger partial charge is 0.0353 e. The van der Waals surface area contributed by atoms with Crippen LogP contribution in [-0.2, 0) is 0 Å². The predicted octanol–water partition coefficient (Wildman–Crippen LogP) is 7.75. The van der Waals surface area contributed by atoms with Crippen molar-refractivity contribution in [2.75, 3.05) is 0 Å². The molecule has 0 amide bonds. The quantitative estimate of drug-likeness (QED) is 0.457. The first-order valence-electron chi connectivity index (χ1n) is 7.02. The summed E-state index contributed by atoms with van der Waals surface area (Å²) in [6.45, 7) is 19.2. The molecular formula is C19H40. The van der Waals surface area contributed by atoms with Gasteiger partial charge in [-0.3, -0.25) is 0 Å². The molecule has 0 N–H and O–H groups in total. The van der Waals surface area contributed by atoms with Crippen LogP contribution in [0, 0.1) is 0 Å². The van der Waals surface area contributed by atoms with Gasteiger partial charge in [-0.1, -0.05) is 70.6 Å². The van der Waals surface area contributed by atoms with E-state index in [2.05, 4.69) is 46.1 Å². The third-order valence-corrected chi connectivity index (χ3v) is 1.52. The second-order valence-corrected chi connectivity index (χ2v) is 3.51. The maximum absolute atomic E-state index is 3.55. The molecule has 0 saturated heterocycles. The van der Waals surface area contributed by atoms with Crippen LogP contribution in [0.2, 0.25) is 0 Å². The number of unbranched alkanes of at least 4 members (excludes halogenated alkanes) is 2. The van der Waals surface area contributed by atoms with Crippen LogP contribution < -0.4 is 0 Å². The Bertz CT molecular complexity index is 157. The first kappa shape index (κ1) is 30.8. The van der Waals surface area contributed by atoms with E-state index < -0.39 is 0 Å². The minimum Gasteiger partial charge on any atom is -0.103 e. The molecule has 116 valence electrons. The zero-order valence-electron chi connectivity index (χ0n) is 13.7. The largest absolute Gasteiger partial charge is 0.103 e. The fourth-order valence-corrected chi connectivity index (χ4v) is 0.537. The molecule has 0 aliphatic heterocycles. The van der Waals surface area contributed by atoms with Gasteiger partial charge in [0.2, 0.25) is 0 Å². The topological polar surface area (TPSA) is 0 Å². The van der Waals surface area contributed by atoms with Crippen molar-refractivity contribution in [2.24, 2.45) is 0 Å². The Kier molecular flexibility index (Phi) is 87.1. The maximum atomic E-state index is 3.55. The number of allylic oxidation sites excluding steroid dienone is 6. The molecule has 0 aliphatic carbocycles. The van der Waals surface area contributed by atoms with Gasteiger partial charge in [-0.25, -0.2) is 0 Å². The Labute approximate surface area is 125 Å². The van der Waals surface area contributed by atoms with Gasteiger partial charge in [-0.05, 0) is 40.5 Å². The Balaban J connectivity index is -0.0000000464. The Hall–Kier alpha value is -1.04. The summed E-state index contributed by atoms with van der Waals surface area (Å²) < 4.78 is 0. The standard InChI is InChI=1S/C6H12.C5H10.C4H8.C3H6.CH4/c1-3-5-6-4-2;1-3-5-4-2;1-3-4-2;1-3-2;/h3,5H,4,6H2,1-2H3;3H,1,4-5H2,2H3;3-4H,1-2H3;3H,1H2,2H3;1H4/b5-3+;;4-3+;;. The molecule has 0 heterocycles. The average Bonchev–Trinajstić information content (AvgIpc) is 2.39. The molecule has 0 nitrogen and oxygen atoms in total. The van der Waals surface area contributed by atoms with Crippen LogP contribution in [-0.4, -0.2) is 0 Å². The van der Waals surface area contributed by atoms with E-state index >= 15 is 0 Å². The summed E-state index contributed by atoms with van der Waals surface area (Å²) in [5, 5.41) is 0. The van der Waals surface area contributed by atoms with E-state index in [-0.39, 0.29) is 7.43 Å². The average molecular weight is 269 g/mol. The van der Waals surface area contributed by atoms with Gasteiger partial charge in [0.05, 0.1) is 0 Å². The molecule has 0 rings (SSSR count). The molecule has 0 radical (unpaired) electrons. The van der Waals surface area contributed by atoms with Crippen LogP contribution in [0.5, 0.6) is 0 Å². The van der Waals surface area contributed by atoms with E-state index in [1.165, 1.54) is 19.3 Å². The van der Waals surface area contributed by atoms with Crippen LogP contribution in [0.25, 0.3) is 0 Å². The summed E-state index contributed by atoms with van der Waals surface area (Å²) in [5.41, 5.74) is 0. The zero-order chi connectivity index (χ0) is 15.1. The maximum Gasteiger partial charge on any atom is -0.0353 e. The molecule has 0 aromatic carbocycles. The number of rotatable bonds is 4. The predicted molar refractivity (Wildman–Crippen MR) is 97.9 cm³/mol. The Morgan fingerprint density at radius 2 is 1.11 bits per heavy atom. The lowest BCUT2D eigenvalue weighted by Crippen LogP contribution is -1.55. The van der Waals surface area contributed by atoms with E-state index in [4.69, 9.17) is 0 Å². The lowest BCUT2D eigenvalue weighted by Gasteiger charge is -1.76. The molecule has 0 fully saturated rings. The molecule has 0 saturated carbocycles. The molecular weight excluding hydrogens is 228 g/mol.